The first kappa shape index (κ1) is 17.3. The molecular formula is C20H23N5O2. The molecule has 0 fully saturated rings. The van der Waals surface area contributed by atoms with Crippen LogP contribution in [0.3, 0.4) is 0 Å². The normalized spacial score (nSPS) is 13.4. The molecule has 2 aromatic heterocycles. The van der Waals surface area contributed by atoms with E-state index in [-0.39, 0.29) is 0 Å². The van der Waals surface area contributed by atoms with Crippen molar-refractivity contribution in [3.8, 4) is 11.5 Å². The second-order valence-electron chi connectivity index (χ2n) is 6.76. The van der Waals surface area contributed by atoms with Crippen molar-refractivity contribution in [2.75, 3.05) is 44.7 Å². The Morgan fingerprint density at radius 1 is 1.07 bits per heavy atom. The van der Waals surface area contributed by atoms with Crippen molar-refractivity contribution < 1.29 is 9.47 Å². The Morgan fingerprint density at radius 3 is 2.59 bits per heavy atom. The average Bonchev–Trinajstić information content (AvgIpc) is 2.71. The van der Waals surface area contributed by atoms with Crippen LogP contribution in [-0.2, 0) is 13.0 Å². The molecule has 3 aromatic rings. The predicted octanol–water partition coefficient (Wildman–Crippen LogP) is 2.67. The van der Waals surface area contributed by atoms with E-state index in [1.165, 1.54) is 0 Å². The first-order valence-electron chi connectivity index (χ1n) is 8.88. The van der Waals surface area contributed by atoms with Gasteiger partial charge in [-0.05, 0) is 12.1 Å². The van der Waals surface area contributed by atoms with Gasteiger partial charge in [-0.3, -0.25) is 4.98 Å². The van der Waals surface area contributed by atoms with Crippen molar-refractivity contribution in [2.45, 2.75) is 13.0 Å². The number of hydrogen-bond acceptors (Lipinski definition) is 7. The zero-order valence-corrected chi connectivity index (χ0v) is 16.1. The Kier molecular flexibility index (Phi) is 4.43. The SMILES string of the molecule is COc1cc2nccc(N3CCc4nc(N(C)C)ncc4C3)c2cc1OC. The molecule has 0 spiro atoms. The van der Waals surface area contributed by atoms with Gasteiger partial charge in [0.05, 0.1) is 25.4 Å². The number of anilines is 2. The van der Waals surface area contributed by atoms with Gasteiger partial charge in [-0.25, -0.2) is 9.97 Å². The molecule has 4 rings (SSSR count). The second kappa shape index (κ2) is 6.90. The summed E-state index contributed by atoms with van der Waals surface area (Å²) in [5, 5.41) is 1.05. The van der Waals surface area contributed by atoms with Crippen molar-refractivity contribution in [3.05, 3.63) is 41.9 Å². The molecule has 1 aliphatic rings. The van der Waals surface area contributed by atoms with E-state index in [0.717, 1.165) is 53.3 Å². The zero-order valence-electron chi connectivity index (χ0n) is 16.1. The standard InChI is InChI=1S/C20H23N5O2/c1-24(2)20-22-11-13-12-25(8-6-15(13)23-20)17-5-7-21-16-10-19(27-4)18(26-3)9-14(16)17/h5,7,9-11H,6,8,12H2,1-4H3. The number of ether oxygens (including phenoxy) is 2. The smallest absolute Gasteiger partial charge is 0.225 e. The molecule has 0 aliphatic carbocycles. The lowest BCUT2D eigenvalue weighted by molar-refractivity contribution is 0.356. The minimum atomic E-state index is 0.684. The maximum Gasteiger partial charge on any atom is 0.225 e. The topological polar surface area (TPSA) is 63.6 Å². The van der Waals surface area contributed by atoms with Crippen LogP contribution < -0.4 is 19.3 Å². The molecule has 0 radical (unpaired) electrons. The molecule has 0 atom stereocenters. The molecule has 3 heterocycles. The second-order valence-corrected chi connectivity index (χ2v) is 6.76. The molecule has 1 aromatic carbocycles. The third-order valence-electron chi connectivity index (χ3n) is 4.89. The maximum atomic E-state index is 5.48. The zero-order chi connectivity index (χ0) is 19.0. The molecule has 140 valence electrons. The van der Waals surface area contributed by atoms with Gasteiger partial charge in [0, 0.05) is 68.7 Å². The van der Waals surface area contributed by atoms with Gasteiger partial charge >= 0.3 is 0 Å². The molecule has 0 bridgehead atoms. The number of rotatable bonds is 4. The molecule has 0 amide bonds. The Hall–Kier alpha value is -3.09. The summed E-state index contributed by atoms with van der Waals surface area (Å²) in [4.78, 5) is 17.9. The predicted molar refractivity (Wildman–Crippen MR) is 106 cm³/mol. The molecule has 0 saturated carbocycles. The van der Waals surface area contributed by atoms with E-state index in [1.54, 1.807) is 14.2 Å². The van der Waals surface area contributed by atoms with Crippen molar-refractivity contribution in [1.82, 2.24) is 15.0 Å². The number of aromatic nitrogens is 3. The molecule has 0 N–H and O–H groups in total. The Labute approximate surface area is 158 Å². The number of pyridine rings is 1. The highest BCUT2D eigenvalue weighted by Crippen LogP contribution is 2.36. The third-order valence-corrected chi connectivity index (χ3v) is 4.89. The summed E-state index contributed by atoms with van der Waals surface area (Å²) in [6.07, 6.45) is 4.66. The Morgan fingerprint density at radius 2 is 1.85 bits per heavy atom. The largest absolute Gasteiger partial charge is 0.493 e. The number of nitrogens with zero attached hydrogens (tertiary/aromatic N) is 5. The molecular weight excluding hydrogens is 342 g/mol. The molecule has 0 saturated heterocycles. The Bertz CT molecular complexity index is 990. The van der Waals surface area contributed by atoms with Crippen molar-refractivity contribution in [2.24, 2.45) is 0 Å². The highest BCUT2D eigenvalue weighted by molar-refractivity contribution is 5.94. The third kappa shape index (κ3) is 3.09. The van der Waals surface area contributed by atoms with Gasteiger partial charge in [-0.15, -0.1) is 0 Å². The number of fused-ring (bicyclic) bond motifs is 2. The van der Waals surface area contributed by atoms with Crippen LogP contribution in [0.4, 0.5) is 11.6 Å². The fourth-order valence-electron chi connectivity index (χ4n) is 3.46. The van der Waals surface area contributed by atoms with E-state index < -0.39 is 0 Å². The van der Waals surface area contributed by atoms with Crippen LogP contribution in [0, 0.1) is 0 Å². The van der Waals surface area contributed by atoms with Gasteiger partial charge < -0.3 is 19.3 Å². The van der Waals surface area contributed by atoms with Crippen LogP contribution in [0.2, 0.25) is 0 Å². The summed E-state index contributed by atoms with van der Waals surface area (Å²) in [6.45, 7) is 1.67. The lowest BCUT2D eigenvalue weighted by Gasteiger charge is -2.31. The highest BCUT2D eigenvalue weighted by atomic mass is 16.5. The molecule has 7 heteroatoms. The van der Waals surface area contributed by atoms with Crippen LogP contribution in [0.25, 0.3) is 10.9 Å². The summed E-state index contributed by atoms with van der Waals surface area (Å²) in [5.41, 5.74) is 4.30. The summed E-state index contributed by atoms with van der Waals surface area (Å²) < 4.78 is 10.9. The molecule has 0 unspecified atom stereocenters. The first-order valence-corrected chi connectivity index (χ1v) is 8.88. The van der Waals surface area contributed by atoms with Crippen LogP contribution in [-0.4, -0.2) is 49.8 Å². The van der Waals surface area contributed by atoms with E-state index >= 15 is 0 Å². The summed E-state index contributed by atoms with van der Waals surface area (Å²) in [5.74, 6) is 2.15. The van der Waals surface area contributed by atoms with Crippen molar-refractivity contribution in [3.63, 3.8) is 0 Å². The lowest BCUT2D eigenvalue weighted by Crippen LogP contribution is -2.31. The summed E-state index contributed by atoms with van der Waals surface area (Å²) >= 11 is 0. The van der Waals surface area contributed by atoms with E-state index in [9.17, 15) is 0 Å². The van der Waals surface area contributed by atoms with Crippen LogP contribution in [0.15, 0.2) is 30.6 Å². The van der Waals surface area contributed by atoms with Crippen molar-refractivity contribution >= 4 is 22.5 Å². The van der Waals surface area contributed by atoms with E-state index in [0.29, 0.717) is 11.5 Å². The van der Waals surface area contributed by atoms with Gasteiger partial charge in [0.25, 0.3) is 0 Å². The van der Waals surface area contributed by atoms with E-state index in [2.05, 4.69) is 14.9 Å². The van der Waals surface area contributed by atoms with E-state index in [4.69, 9.17) is 14.5 Å². The van der Waals surface area contributed by atoms with Gasteiger partial charge in [0.1, 0.15) is 0 Å². The van der Waals surface area contributed by atoms with Crippen molar-refractivity contribution in [1.29, 1.82) is 0 Å². The highest BCUT2D eigenvalue weighted by Gasteiger charge is 2.21. The Balaban J connectivity index is 1.73. The van der Waals surface area contributed by atoms with E-state index in [1.807, 2.05) is 49.6 Å². The summed E-state index contributed by atoms with van der Waals surface area (Å²) in [6, 6.07) is 5.97. The quantitative estimate of drug-likeness (QED) is 0.704. The number of hydrogen-bond donors (Lipinski definition) is 0. The minimum absolute atomic E-state index is 0.684. The fraction of sp³-hybridized carbons (Fsp3) is 0.350. The number of methoxy groups -OCH3 is 2. The lowest BCUT2D eigenvalue weighted by atomic mass is 10.0. The molecule has 7 nitrogen and oxygen atoms in total. The fourth-order valence-corrected chi connectivity index (χ4v) is 3.46. The average molecular weight is 365 g/mol. The monoisotopic (exact) mass is 365 g/mol. The van der Waals surface area contributed by atoms with Crippen LogP contribution in [0.1, 0.15) is 11.3 Å². The molecule has 27 heavy (non-hydrogen) atoms. The van der Waals surface area contributed by atoms with Gasteiger partial charge in [0.2, 0.25) is 5.95 Å². The van der Waals surface area contributed by atoms with Gasteiger partial charge in [-0.2, -0.15) is 0 Å². The van der Waals surface area contributed by atoms with Gasteiger partial charge in [0.15, 0.2) is 11.5 Å². The van der Waals surface area contributed by atoms with Crippen LogP contribution in [0.5, 0.6) is 11.5 Å². The number of benzene rings is 1. The molecule has 1 aliphatic heterocycles. The summed E-state index contributed by atoms with van der Waals surface area (Å²) in [7, 11) is 7.21. The maximum absolute atomic E-state index is 5.48. The van der Waals surface area contributed by atoms with Gasteiger partial charge in [-0.1, -0.05) is 0 Å². The van der Waals surface area contributed by atoms with Crippen LogP contribution >= 0.6 is 0 Å². The minimum Gasteiger partial charge on any atom is -0.493 e. The first-order chi connectivity index (χ1) is 13.1.